The van der Waals surface area contributed by atoms with Gasteiger partial charge in [-0.15, -0.1) is 0 Å². The molecule has 158 valence electrons. The van der Waals surface area contributed by atoms with E-state index in [1.54, 1.807) is 0 Å². The number of hydrogen-bond acceptors (Lipinski definition) is 4. The Morgan fingerprint density at radius 2 is 1.67 bits per heavy atom. The molecule has 0 aliphatic carbocycles. The van der Waals surface area contributed by atoms with Crippen molar-refractivity contribution in [2.24, 2.45) is 0 Å². The van der Waals surface area contributed by atoms with Crippen molar-refractivity contribution in [1.29, 1.82) is 0 Å². The summed E-state index contributed by atoms with van der Waals surface area (Å²) in [7, 11) is 0. The number of piperidine rings is 1. The number of hydrogen-bond donors (Lipinski definition) is 0. The zero-order valence-electron chi connectivity index (χ0n) is 17.7. The summed E-state index contributed by atoms with van der Waals surface area (Å²) in [6.07, 6.45) is 4.85. The first-order chi connectivity index (χ1) is 14.7. The Bertz CT molecular complexity index is 988. The SMILES string of the molecule is CCc1ccc(OCc2nn(CN3CCCCC3)c(=S)n2Cc2ccccc2)cc1. The van der Waals surface area contributed by atoms with E-state index in [2.05, 4.69) is 52.8 Å². The van der Waals surface area contributed by atoms with E-state index < -0.39 is 0 Å². The van der Waals surface area contributed by atoms with Crippen LogP contribution in [0.4, 0.5) is 0 Å². The highest BCUT2D eigenvalue weighted by Crippen LogP contribution is 2.16. The van der Waals surface area contributed by atoms with Gasteiger partial charge in [-0.3, -0.25) is 9.47 Å². The molecule has 1 fully saturated rings. The van der Waals surface area contributed by atoms with E-state index in [0.717, 1.165) is 42.5 Å². The number of ether oxygens (including phenoxy) is 1. The monoisotopic (exact) mass is 422 g/mol. The highest BCUT2D eigenvalue weighted by atomic mass is 32.1. The molecule has 0 N–H and O–H groups in total. The summed E-state index contributed by atoms with van der Waals surface area (Å²) in [6.45, 7) is 6.23. The molecule has 4 rings (SSSR count). The van der Waals surface area contributed by atoms with Crippen LogP contribution < -0.4 is 4.74 Å². The van der Waals surface area contributed by atoms with Crippen molar-refractivity contribution in [1.82, 2.24) is 19.2 Å². The fraction of sp³-hybridized carbons (Fsp3) is 0.417. The minimum Gasteiger partial charge on any atom is -0.486 e. The smallest absolute Gasteiger partial charge is 0.199 e. The minimum atomic E-state index is 0.398. The number of aryl methyl sites for hydroxylation is 1. The highest BCUT2D eigenvalue weighted by Gasteiger charge is 2.16. The molecule has 1 saturated heterocycles. The standard InChI is InChI=1S/C24H30N4OS/c1-2-20-11-13-22(14-12-20)29-18-23-25-28(19-26-15-7-4-8-16-26)24(30)27(23)17-21-9-5-3-6-10-21/h3,5-6,9-14H,2,4,7-8,15-19H2,1H3. The molecule has 5 nitrogen and oxygen atoms in total. The van der Waals surface area contributed by atoms with Gasteiger partial charge in [0, 0.05) is 0 Å². The summed E-state index contributed by atoms with van der Waals surface area (Å²) in [5, 5.41) is 4.86. The molecule has 1 aliphatic heterocycles. The van der Waals surface area contributed by atoms with Gasteiger partial charge in [-0.25, -0.2) is 4.68 Å². The van der Waals surface area contributed by atoms with E-state index in [-0.39, 0.29) is 0 Å². The van der Waals surface area contributed by atoms with Crippen molar-refractivity contribution in [3.05, 3.63) is 76.3 Å². The Morgan fingerprint density at radius 1 is 0.933 bits per heavy atom. The average Bonchev–Trinajstić information content (AvgIpc) is 3.08. The number of aromatic nitrogens is 3. The second-order valence-corrected chi connectivity index (χ2v) is 8.24. The summed E-state index contributed by atoms with van der Waals surface area (Å²) < 4.78 is 10.9. The lowest BCUT2D eigenvalue weighted by molar-refractivity contribution is 0.171. The highest BCUT2D eigenvalue weighted by molar-refractivity contribution is 7.71. The molecular formula is C24H30N4OS. The van der Waals surface area contributed by atoms with Crippen molar-refractivity contribution >= 4 is 12.2 Å². The largest absolute Gasteiger partial charge is 0.486 e. The molecule has 0 bridgehead atoms. The third kappa shape index (κ3) is 5.18. The molecule has 1 aliphatic rings. The van der Waals surface area contributed by atoms with Crippen LogP contribution in [0.15, 0.2) is 54.6 Å². The molecule has 0 spiro atoms. The predicted octanol–water partition coefficient (Wildman–Crippen LogP) is 5.05. The summed E-state index contributed by atoms with van der Waals surface area (Å²) in [4.78, 5) is 2.44. The van der Waals surface area contributed by atoms with Crippen LogP contribution in [0.1, 0.15) is 43.1 Å². The second-order valence-electron chi connectivity index (χ2n) is 7.88. The first kappa shape index (κ1) is 20.8. The fourth-order valence-corrected chi connectivity index (χ4v) is 4.14. The van der Waals surface area contributed by atoms with Crippen LogP contribution in [-0.2, 0) is 26.2 Å². The quantitative estimate of drug-likeness (QED) is 0.476. The maximum Gasteiger partial charge on any atom is 0.199 e. The topological polar surface area (TPSA) is 35.2 Å². The van der Waals surface area contributed by atoms with Crippen molar-refractivity contribution in [3.63, 3.8) is 0 Å². The van der Waals surface area contributed by atoms with Crippen LogP contribution in [0.5, 0.6) is 5.75 Å². The average molecular weight is 423 g/mol. The number of benzene rings is 2. The Morgan fingerprint density at radius 3 is 2.37 bits per heavy atom. The number of nitrogens with zero attached hydrogens (tertiary/aromatic N) is 4. The van der Waals surface area contributed by atoms with Crippen LogP contribution >= 0.6 is 12.2 Å². The molecule has 2 aromatic carbocycles. The molecule has 0 amide bonds. The van der Waals surface area contributed by atoms with E-state index in [1.807, 2.05) is 22.9 Å². The van der Waals surface area contributed by atoms with Crippen molar-refractivity contribution in [2.75, 3.05) is 13.1 Å². The second kappa shape index (κ2) is 10.0. The van der Waals surface area contributed by atoms with Gasteiger partial charge in [0.2, 0.25) is 0 Å². The lowest BCUT2D eigenvalue weighted by Crippen LogP contribution is -2.32. The van der Waals surface area contributed by atoms with Crippen LogP contribution in [-0.4, -0.2) is 32.3 Å². The van der Waals surface area contributed by atoms with Gasteiger partial charge in [-0.05, 0) is 67.8 Å². The predicted molar refractivity (Wildman–Crippen MR) is 122 cm³/mol. The lowest BCUT2D eigenvalue weighted by atomic mass is 10.1. The molecule has 2 heterocycles. The fourth-order valence-electron chi connectivity index (χ4n) is 3.87. The molecule has 0 saturated carbocycles. The summed E-state index contributed by atoms with van der Waals surface area (Å²) in [5.74, 6) is 1.72. The Kier molecular flexibility index (Phi) is 6.97. The first-order valence-electron chi connectivity index (χ1n) is 10.9. The normalized spacial score (nSPS) is 14.7. The Labute approximate surface area is 183 Å². The Balaban J connectivity index is 1.55. The van der Waals surface area contributed by atoms with Crippen LogP contribution in [0.2, 0.25) is 0 Å². The lowest BCUT2D eigenvalue weighted by Gasteiger charge is -2.25. The third-order valence-corrected chi connectivity index (χ3v) is 6.10. The molecule has 0 unspecified atom stereocenters. The van der Waals surface area contributed by atoms with Gasteiger partial charge in [0.25, 0.3) is 0 Å². The Hall–Kier alpha value is -2.44. The van der Waals surface area contributed by atoms with Crippen molar-refractivity contribution < 1.29 is 4.74 Å². The molecular weight excluding hydrogens is 392 g/mol. The van der Waals surface area contributed by atoms with E-state index in [1.165, 1.54) is 30.4 Å². The van der Waals surface area contributed by atoms with Crippen LogP contribution in [0.25, 0.3) is 0 Å². The van der Waals surface area contributed by atoms with Gasteiger partial charge in [0.1, 0.15) is 12.4 Å². The summed E-state index contributed by atoms with van der Waals surface area (Å²) >= 11 is 5.83. The maximum atomic E-state index is 6.07. The van der Waals surface area contributed by atoms with E-state index in [4.69, 9.17) is 22.1 Å². The zero-order valence-corrected chi connectivity index (χ0v) is 18.5. The molecule has 3 aromatic rings. The van der Waals surface area contributed by atoms with Gasteiger partial charge >= 0.3 is 0 Å². The van der Waals surface area contributed by atoms with Gasteiger partial charge in [0.15, 0.2) is 10.6 Å². The van der Waals surface area contributed by atoms with E-state index >= 15 is 0 Å². The van der Waals surface area contributed by atoms with Crippen LogP contribution in [0.3, 0.4) is 0 Å². The van der Waals surface area contributed by atoms with Gasteiger partial charge in [-0.2, -0.15) is 5.10 Å². The third-order valence-electron chi connectivity index (χ3n) is 5.67. The van der Waals surface area contributed by atoms with Gasteiger partial charge in [-0.1, -0.05) is 55.8 Å². The zero-order chi connectivity index (χ0) is 20.8. The van der Waals surface area contributed by atoms with Gasteiger partial charge in [0.05, 0.1) is 13.2 Å². The van der Waals surface area contributed by atoms with Crippen LogP contribution in [0, 0.1) is 4.77 Å². The van der Waals surface area contributed by atoms with Crippen molar-refractivity contribution in [2.45, 2.75) is 52.4 Å². The maximum absolute atomic E-state index is 6.07. The number of rotatable bonds is 8. The molecule has 6 heteroatoms. The van der Waals surface area contributed by atoms with E-state index in [9.17, 15) is 0 Å². The number of likely N-dealkylation sites (tertiary alicyclic amines) is 1. The molecule has 1 aromatic heterocycles. The summed E-state index contributed by atoms with van der Waals surface area (Å²) in [5.41, 5.74) is 2.51. The molecule has 30 heavy (non-hydrogen) atoms. The summed E-state index contributed by atoms with van der Waals surface area (Å²) in [6, 6.07) is 18.7. The first-order valence-corrected chi connectivity index (χ1v) is 11.3. The van der Waals surface area contributed by atoms with Gasteiger partial charge < -0.3 is 4.74 Å². The molecule has 0 radical (unpaired) electrons. The molecule has 0 atom stereocenters. The van der Waals surface area contributed by atoms with Crippen molar-refractivity contribution in [3.8, 4) is 5.75 Å². The minimum absolute atomic E-state index is 0.398. The van der Waals surface area contributed by atoms with E-state index in [0.29, 0.717) is 13.2 Å².